The second kappa shape index (κ2) is 6.18. The highest BCUT2D eigenvalue weighted by Gasteiger charge is 2.05. The van der Waals surface area contributed by atoms with Gasteiger partial charge >= 0.3 is 16.4 Å². The van der Waals surface area contributed by atoms with E-state index in [1.54, 1.807) is 6.92 Å². The van der Waals surface area contributed by atoms with Crippen LogP contribution in [0.3, 0.4) is 0 Å². The van der Waals surface area contributed by atoms with Crippen molar-refractivity contribution in [2.24, 2.45) is 0 Å². The van der Waals surface area contributed by atoms with Gasteiger partial charge in [-0.3, -0.25) is 4.55 Å². The Morgan fingerprint density at radius 2 is 1.94 bits per heavy atom. The fraction of sp³-hybridized carbons (Fsp3) is 0.182. The van der Waals surface area contributed by atoms with Crippen molar-refractivity contribution in [2.75, 3.05) is 6.61 Å². The van der Waals surface area contributed by atoms with Crippen molar-refractivity contribution < 1.29 is 26.7 Å². The van der Waals surface area contributed by atoms with E-state index in [0.29, 0.717) is 12.2 Å². The second-order valence-corrected chi connectivity index (χ2v) is 4.19. The van der Waals surface area contributed by atoms with Crippen LogP contribution in [0.15, 0.2) is 30.3 Å². The number of hydrogen-bond donors (Lipinski definition) is 1. The van der Waals surface area contributed by atoms with E-state index in [9.17, 15) is 13.2 Å². The molecule has 0 aliphatic heterocycles. The van der Waals surface area contributed by atoms with Crippen LogP contribution in [-0.2, 0) is 19.9 Å². The summed E-state index contributed by atoms with van der Waals surface area (Å²) in [5, 5.41) is 0. The molecule has 0 aliphatic rings. The van der Waals surface area contributed by atoms with Gasteiger partial charge in [0.2, 0.25) is 0 Å². The SMILES string of the molecule is CCOC(=O)C=Cc1ccc(OS(=O)(=O)O)cc1. The van der Waals surface area contributed by atoms with Crippen LogP contribution < -0.4 is 4.18 Å². The van der Waals surface area contributed by atoms with Gasteiger partial charge in [0.25, 0.3) is 0 Å². The molecule has 0 atom stereocenters. The molecule has 1 rings (SSSR count). The number of carbonyl (C=O) groups excluding carboxylic acids is 1. The first-order valence-electron chi connectivity index (χ1n) is 5.02. The predicted molar refractivity (Wildman–Crippen MR) is 64.3 cm³/mol. The highest BCUT2D eigenvalue weighted by atomic mass is 32.3. The third-order valence-corrected chi connectivity index (χ3v) is 2.18. The van der Waals surface area contributed by atoms with E-state index < -0.39 is 16.4 Å². The molecule has 0 unspecified atom stereocenters. The standard InChI is InChI=1S/C11H12O6S/c1-2-16-11(12)8-5-9-3-6-10(7-4-9)17-18(13,14)15/h3-8H,2H2,1H3,(H,13,14,15). The molecule has 0 aromatic heterocycles. The van der Waals surface area contributed by atoms with Gasteiger partial charge in [-0.2, -0.15) is 8.42 Å². The highest BCUT2D eigenvalue weighted by Crippen LogP contribution is 2.14. The molecule has 0 spiro atoms. The van der Waals surface area contributed by atoms with Crippen molar-refractivity contribution in [3.8, 4) is 5.75 Å². The quantitative estimate of drug-likeness (QED) is 0.495. The van der Waals surface area contributed by atoms with Crippen LogP contribution in [0.2, 0.25) is 0 Å². The zero-order valence-corrected chi connectivity index (χ0v) is 10.4. The monoisotopic (exact) mass is 272 g/mol. The molecule has 0 radical (unpaired) electrons. The number of esters is 1. The normalized spacial score (nSPS) is 11.4. The van der Waals surface area contributed by atoms with Gasteiger partial charge in [0.1, 0.15) is 5.75 Å². The minimum absolute atomic E-state index is 0.0224. The maximum atomic E-state index is 11.0. The average molecular weight is 272 g/mol. The molecule has 18 heavy (non-hydrogen) atoms. The molecule has 1 aromatic rings. The lowest BCUT2D eigenvalue weighted by Crippen LogP contribution is -2.06. The third-order valence-electron chi connectivity index (χ3n) is 1.78. The lowest BCUT2D eigenvalue weighted by Gasteiger charge is -2.01. The Morgan fingerprint density at radius 1 is 1.33 bits per heavy atom. The summed E-state index contributed by atoms with van der Waals surface area (Å²) in [6, 6.07) is 5.74. The van der Waals surface area contributed by atoms with Gasteiger partial charge in [0.15, 0.2) is 0 Å². The van der Waals surface area contributed by atoms with E-state index in [-0.39, 0.29) is 5.75 Å². The second-order valence-electron chi connectivity index (χ2n) is 3.17. The predicted octanol–water partition coefficient (Wildman–Crippen LogP) is 1.44. The summed E-state index contributed by atoms with van der Waals surface area (Å²) in [5.41, 5.74) is 0.658. The molecule has 0 fully saturated rings. The summed E-state index contributed by atoms with van der Waals surface area (Å²) in [5.74, 6) is -0.485. The van der Waals surface area contributed by atoms with Crippen LogP contribution in [0.1, 0.15) is 12.5 Å². The van der Waals surface area contributed by atoms with Gasteiger partial charge in [0, 0.05) is 6.08 Å². The number of rotatable bonds is 5. The van der Waals surface area contributed by atoms with Crippen LogP contribution in [0.25, 0.3) is 6.08 Å². The third kappa shape index (κ3) is 5.46. The summed E-state index contributed by atoms with van der Waals surface area (Å²) in [7, 11) is -4.52. The van der Waals surface area contributed by atoms with Gasteiger partial charge in [0.05, 0.1) is 6.61 Å². The molecule has 0 amide bonds. The molecule has 0 saturated heterocycles. The maximum Gasteiger partial charge on any atom is 0.446 e. The average Bonchev–Trinajstić information content (AvgIpc) is 2.26. The first kappa shape index (κ1) is 14.2. The van der Waals surface area contributed by atoms with Crippen molar-refractivity contribution in [3.05, 3.63) is 35.9 Å². The van der Waals surface area contributed by atoms with Crippen molar-refractivity contribution >= 4 is 22.4 Å². The molecule has 1 N–H and O–H groups in total. The van der Waals surface area contributed by atoms with E-state index in [1.165, 1.54) is 36.4 Å². The first-order chi connectivity index (χ1) is 8.40. The lowest BCUT2D eigenvalue weighted by molar-refractivity contribution is -0.137. The fourth-order valence-electron chi connectivity index (χ4n) is 1.11. The van der Waals surface area contributed by atoms with Crippen molar-refractivity contribution in [1.82, 2.24) is 0 Å². The highest BCUT2D eigenvalue weighted by molar-refractivity contribution is 7.81. The van der Waals surface area contributed by atoms with Gasteiger partial charge in [-0.25, -0.2) is 4.79 Å². The zero-order valence-electron chi connectivity index (χ0n) is 9.57. The Kier molecular flexibility index (Phi) is 4.87. The van der Waals surface area contributed by atoms with Crippen molar-refractivity contribution in [3.63, 3.8) is 0 Å². The molecular formula is C11H12O6S. The van der Waals surface area contributed by atoms with Crippen LogP contribution in [0, 0.1) is 0 Å². The Hall–Kier alpha value is -1.86. The molecule has 7 heteroatoms. The van der Waals surface area contributed by atoms with E-state index in [0.717, 1.165) is 0 Å². The van der Waals surface area contributed by atoms with Gasteiger partial charge in [-0.15, -0.1) is 0 Å². The fourth-order valence-corrected chi connectivity index (χ4v) is 1.47. The molecule has 0 saturated carbocycles. The summed E-state index contributed by atoms with van der Waals surface area (Å²) in [6.07, 6.45) is 2.76. The number of ether oxygens (including phenoxy) is 1. The van der Waals surface area contributed by atoms with E-state index in [4.69, 9.17) is 9.29 Å². The van der Waals surface area contributed by atoms with Crippen LogP contribution >= 0.6 is 0 Å². The maximum absolute atomic E-state index is 11.0. The minimum Gasteiger partial charge on any atom is -0.463 e. The smallest absolute Gasteiger partial charge is 0.446 e. The summed E-state index contributed by atoms with van der Waals surface area (Å²) >= 11 is 0. The molecule has 0 heterocycles. The lowest BCUT2D eigenvalue weighted by atomic mass is 10.2. The number of hydrogen-bond acceptors (Lipinski definition) is 5. The van der Waals surface area contributed by atoms with E-state index >= 15 is 0 Å². The molecule has 6 nitrogen and oxygen atoms in total. The molecule has 98 valence electrons. The van der Waals surface area contributed by atoms with Crippen LogP contribution in [0.4, 0.5) is 0 Å². The van der Waals surface area contributed by atoms with Crippen LogP contribution in [-0.4, -0.2) is 25.5 Å². The van der Waals surface area contributed by atoms with E-state index in [2.05, 4.69) is 4.18 Å². The van der Waals surface area contributed by atoms with Gasteiger partial charge < -0.3 is 8.92 Å². The largest absolute Gasteiger partial charge is 0.463 e. The minimum atomic E-state index is -4.52. The summed E-state index contributed by atoms with van der Waals surface area (Å²) in [6.45, 7) is 2.00. The number of carbonyl (C=O) groups is 1. The first-order valence-corrected chi connectivity index (χ1v) is 6.39. The van der Waals surface area contributed by atoms with Crippen molar-refractivity contribution in [1.29, 1.82) is 0 Å². The summed E-state index contributed by atoms with van der Waals surface area (Å²) in [4.78, 5) is 11.0. The number of benzene rings is 1. The molecule has 0 aliphatic carbocycles. The topological polar surface area (TPSA) is 89.9 Å². The Labute approximate surface area is 105 Å². The Bertz CT molecular complexity index is 529. The van der Waals surface area contributed by atoms with E-state index in [1.807, 2.05) is 0 Å². The zero-order chi connectivity index (χ0) is 13.6. The molecule has 1 aromatic carbocycles. The van der Waals surface area contributed by atoms with Gasteiger partial charge in [-0.1, -0.05) is 12.1 Å². The molecule has 0 bridgehead atoms. The van der Waals surface area contributed by atoms with Crippen molar-refractivity contribution in [2.45, 2.75) is 6.92 Å². The Balaban J connectivity index is 2.69. The molecular weight excluding hydrogens is 260 g/mol. The van der Waals surface area contributed by atoms with Gasteiger partial charge in [-0.05, 0) is 30.7 Å². The Morgan fingerprint density at radius 3 is 2.44 bits per heavy atom. The summed E-state index contributed by atoms with van der Waals surface area (Å²) < 4.78 is 38.2. The van der Waals surface area contributed by atoms with Crippen LogP contribution in [0.5, 0.6) is 5.75 Å².